The second-order valence-corrected chi connectivity index (χ2v) is 6.39. The van der Waals surface area contributed by atoms with Crippen molar-refractivity contribution < 1.29 is 9.84 Å². The molecule has 0 aliphatic heterocycles. The highest BCUT2D eigenvalue weighted by Crippen LogP contribution is 2.65. The largest absolute Gasteiger partial charge is 0.508 e. The lowest BCUT2D eigenvalue weighted by molar-refractivity contribution is 0.408. The van der Waals surface area contributed by atoms with Gasteiger partial charge in [0.15, 0.2) is 0 Å². The molecule has 3 saturated carbocycles. The monoisotopic (exact) mass is 259 g/mol. The lowest BCUT2D eigenvalue weighted by atomic mass is 10.0. The van der Waals surface area contributed by atoms with E-state index in [1.807, 2.05) is 6.07 Å². The number of ether oxygens (including phenoxy) is 1. The summed E-state index contributed by atoms with van der Waals surface area (Å²) in [6.07, 6.45) is 4.39. The predicted molar refractivity (Wildman–Crippen MR) is 73.1 cm³/mol. The van der Waals surface area contributed by atoms with Crippen molar-refractivity contribution in [3.05, 3.63) is 23.8 Å². The Hall–Kier alpha value is -1.22. The zero-order chi connectivity index (χ0) is 13.0. The van der Waals surface area contributed by atoms with E-state index in [-0.39, 0.29) is 0 Å². The quantitative estimate of drug-likeness (QED) is 0.873. The Morgan fingerprint density at radius 2 is 2.00 bits per heavy atom. The van der Waals surface area contributed by atoms with Crippen LogP contribution < -0.4 is 10.1 Å². The highest BCUT2D eigenvalue weighted by atomic mass is 16.5. The Kier molecular flexibility index (Phi) is 2.52. The van der Waals surface area contributed by atoms with Crippen LogP contribution in [0.25, 0.3) is 0 Å². The lowest BCUT2D eigenvalue weighted by Crippen LogP contribution is -2.22. The van der Waals surface area contributed by atoms with Crippen LogP contribution in [0.1, 0.15) is 24.8 Å². The molecule has 0 spiro atoms. The van der Waals surface area contributed by atoms with Gasteiger partial charge in [0.25, 0.3) is 0 Å². The molecule has 19 heavy (non-hydrogen) atoms. The van der Waals surface area contributed by atoms with Crippen molar-refractivity contribution >= 4 is 0 Å². The fourth-order valence-corrected chi connectivity index (χ4v) is 4.66. The van der Waals surface area contributed by atoms with Gasteiger partial charge in [0.05, 0.1) is 7.11 Å². The minimum absolute atomic E-state index is 0.363. The van der Waals surface area contributed by atoms with Crippen molar-refractivity contribution in [2.24, 2.45) is 23.7 Å². The molecule has 0 saturated heterocycles. The molecule has 4 rings (SSSR count). The number of phenols is 1. The number of phenolic OH excluding ortho intramolecular Hbond substituents is 1. The van der Waals surface area contributed by atoms with Gasteiger partial charge in [-0.3, -0.25) is 0 Å². The number of nitrogens with one attached hydrogen (secondary N) is 1. The van der Waals surface area contributed by atoms with Crippen LogP contribution in [-0.4, -0.2) is 18.3 Å². The van der Waals surface area contributed by atoms with E-state index in [4.69, 9.17) is 4.74 Å². The van der Waals surface area contributed by atoms with Crippen molar-refractivity contribution in [2.45, 2.75) is 31.8 Å². The number of aromatic hydroxyl groups is 1. The molecule has 2 N–H and O–H groups in total. The molecule has 3 nitrogen and oxygen atoms in total. The van der Waals surface area contributed by atoms with E-state index in [1.54, 1.807) is 19.2 Å². The molecule has 0 amide bonds. The van der Waals surface area contributed by atoms with Crippen molar-refractivity contribution in [3.8, 4) is 11.5 Å². The van der Waals surface area contributed by atoms with E-state index in [0.29, 0.717) is 11.8 Å². The van der Waals surface area contributed by atoms with E-state index in [0.717, 1.165) is 41.5 Å². The number of hydrogen-bond donors (Lipinski definition) is 2. The van der Waals surface area contributed by atoms with Gasteiger partial charge in [-0.05, 0) is 61.1 Å². The fraction of sp³-hybridized carbons (Fsp3) is 0.625. The molecule has 1 aromatic carbocycles. The Bertz CT molecular complexity index is 486. The molecule has 3 heteroatoms. The van der Waals surface area contributed by atoms with Crippen LogP contribution in [-0.2, 0) is 6.54 Å². The summed E-state index contributed by atoms with van der Waals surface area (Å²) in [5.41, 5.74) is 0.941. The molecule has 4 unspecified atom stereocenters. The molecule has 3 aliphatic rings. The number of hydrogen-bond acceptors (Lipinski definition) is 3. The third kappa shape index (κ3) is 1.75. The maximum atomic E-state index is 9.89. The zero-order valence-corrected chi connectivity index (χ0v) is 11.3. The van der Waals surface area contributed by atoms with Crippen LogP contribution in [0.4, 0.5) is 0 Å². The number of benzene rings is 1. The van der Waals surface area contributed by atoms with E-state index in [9.17, 15) is 5.11 Å². The average Bonchev–Trinajstić information content (AvgIpc) is 2.81. The van der Waals surface area contributed by atoms with Crippen LogP contribution in [0.3, 0.4) is 0 Å². The van der Waals surface area contributed by atoms with Gasteiger partial charge in [0, 0.05) is 18.2 Å². The summed E-state index contributed by atoms with van der Waals surface area (Å²) in [5.74, 6) is 5.03. The summed E-state index contributed by atoms with van der Waals surface area (Å²) in [5, 5.41) is 13.5. The molecule has 0 aromatic heterocycles. The smallest absolute Gasteiger partial charge is 0.120 e. The van der Waals surface area contributed by atoms with Crippen molar-refractivity contribution in [1.29, 1.82) is 0 Å². The van der Waals surface area contributed by atoms with Crippen molar-refractivity contribution in [3.63, 3.8) is 0 Å². The van der Waals surface area contributed by atoms with E-state index < -0.39 is 0 Å². The summed E-state index contributed by atoms with van der Waals surface area (Å²) >= 11 is 0. The minimum atomic E-state index is 0.363. The Balaban J connectivity index is 1.41. The molecule has 3 aliphatic carbocycles. The molecule has 4 atom stereocenters. The summed E-state index contributed by atoms with van der Waals surface area (Å²) in [6, 6.07) is 6.14. The molecular weight excluding hydrogens is 238 g/mol. The highest BCUT2D eigenvalue weighted by molar-refractivity contribution is 5.39. The summed E-state index contributed by atoms with van der Waals surface area (Å²) in [7, 11) is 1.66. The second kappa shape index (κ2) is 4.14. The van der Waals surface area contributed by atoms with Gasteiger partial charge >= 0.3 is 0 Å². The molecular formula is C16H21NO2. The first-order chi connectivity index (χ1) is 9.28. The number of rotatable bonds is 4. The third-order valence-electron chi connectivity index (χ3n) is 5.55. The van der Waals surface area contributed by atoms with Crippen LogP contribution >= 0.6 is 0 Å². The maximum absolute atomic E-state index is 9.89. The van der Waals surface area contributed by atoms with Gasteiger partial charge in [-0.2, -0.15) is 0 Å². The van der Waals surface area contributed by atoms with Gasteiger partial charge in [-0.1, -0.05) is 0 Å². The van der Waals surface area contributed by atoms with E-state index >= 15 is 0 Å². The van der Waals surface area contributed by atoms with Crippen LogP contribution in [0.15, 0.2) is 18.2 Å². The normalized spacial score (nSPS) is 38.3. The molecule has 3 fully saturated rings. The first kappa shape index (κ1) is 11.6. The van der Waals surface area contributed by atoms with Crippen molar-refractivity contribution in [1.82, 2.24) is 5.32 Å². The van der Waals surface area contributed by atoms with Gasteiger partial charge in [0.1, 0.15) is 11.5 Å². The van der Waals surface area contributed by atoms with E-state index in [1.165, 1.54) is 19.3 Å². The third-order valence-corrected chi connectivity index (χ3v) is 5.55. The average molecular weight is 259 g/mol. The first-order valence-corrected chi connectivity index (χ1v) is 7.37. The number of fused-ring (bicyclic) bond motifs is 5. The molecule has 0 heterocycles. The van der Waals surface area contributed by atoms with Crippen LogP contribution in [0.5, 0.6) is 11.5 Å². The van der Waals surface area contributed by atoms with Gasteiger partial charge in [-0.25, -0.2) is 0 Å². The van der Waals surface area contributed by atoms with Crippen LogP contribution in [0.2, 0.25) is 0 Å². The summed E-state index contributed by atoms with van der Waals surface area (Å²) in [4.78, 5) is 0. The lowest BCUT2D eigenvalue weighted by Gasteiger charge is -2.12. The molecule has 0 radical (unpaired) electrons. The Labute approximate surface area is 114 Å². The van der Waals surface area contributed by atoms with Crippen molar-refractivity contribution in [2.75, 3.05) is 7.11 Å². The van der Waals surface area contributed by atoms with Gasteiger partial charge in [-0.15, -0.1) is 0 Å². The van der Waals surface area contributed by atoms with Crippen LogP contribution in [0, 0.1) is 23.7 Å². The summed E-state index contributed by atoms with van der Waals surface area (Å²) in [6.45, 7) is 0.750. The molecule has 102 valence electrons. The topological polar surface area (TPSA) is 41.5 Å². The SMILES string of the molecule is COc1ccc(O)c(CNC2C3C4CCC(C4)C23)c1. The predicted octanol–water partition coefficient (Wildman–Crippen LogP) is 2.53. The Morgan fingerprint density at radius 3 is 2.68 bits per heavy atom. The van der Waals surface area contributed by atoms with Gasteiger partial charge < -0.3 is 15.2 Å². The Morgan fingerprint density at radius 1 is 1.26 bits per heavy atom. The minimum Gasteiger partial charge on any atom is -0.508 e. The van der Waals surface area contributed by atoms with Gasteiger partial charge in [0.2, 0.25) is 0 Å². The first-order valence-electron chi connectivity index (χ1n) is 7.37. The maximum Gasteiger partial charge on any atom is 0.120 e. The molecule has 2 bridgehead atoms. The van der Waals surface area contributed by atoms with E-state index in [2.05, 4.69) is 5.32 Å². The fourth-order valence-electron chi connectivity index (χ4n) is 4.66. The number of methoxy groups -OCH3 is 1. The highest BCUT2D eigenvalue weighted by Gasteiger charge is 2.64. The second-order valence-electron chi connectivity index (χ2n) is 6.39. The summed E-state index contributed by atoms with van der Waals surface area (Å²) < 4.78 is 5.21. The standard InChI is InChI=1S/C16H21NO2/c1-19-12-4-5-13(18)11(7-12)8-17-16-14-9-2-3-10(6-9)15(14)16/h4-5,7,9-10,14-18H,2-3,6,8H2,1H3. The molecule has 1 aromatic rings. The zero-order valence-electron chi connectivity index (χ0n) is 11.3.